The number of nitrogens with one attached hydrogen (secondary N) is 1. The molecule has 1 fully saturated rings. The van der Waals surface area contributed by atoms with Crippen molar-refractivity contribution in [3.8, 4) is 5.75 Å². The molecule has 1 saturated heterocycles. The number of ether oxygens (including phenoxy) is 1. The molecule has 1 aromatic carbocycles. The zero-order valence-corrected chi connectivity index (χ0v) is 18.5. The largest absolute Gasteiger partial charge is 0.489 e. The molecule has 1 aliphatic rings. The van der Waals surface area contributed by atoms with Crippen LogP contribution < -0.4 is 10.1 Å². The van der Waals surface area contributed by atoms with Crippen LogP contribution in [0.3, 0.4) is 0 Å². The monoisotopic (exact) mass is 474 g/mol. The molecule has 7 heteroatoms. The SMILES string of the molecule is CCNC(=NCC(C)Oc1ccc(C)cc1)N1CCN(C(C)=O)CC1.I. The normalized spacial score (nSPS) is 15.9. The van der Waals surface area contributed by atoms with E-state index in [0.717, 1.165) is 44.4 Å². The maximum absolute atomic E-state index is 11.5. The predicted molar refractivity (Wildman–Crippen MR) is 116 cm³/mol. The van der Waals surface area contributed by atoms with Crippen LogP contribution >= 0.6 is 24.0 Å². The maximum Gasteiger partial charge on any atom is 0.219 e. The molecular weight excluding hydrogens is 443 g/mol. The molecule has 0 bridgehead atoms. The number of nitrogens with zero attached hydrogens (tertiary/aromatic N) is 3. The summed E-state index contributed by atoms with van der Waals surface area (Å²) in [6.07, 6.45) is -0.00475. The van der Waals surface area contributed by atoms with Crippen LogP contribution in [0.25, 0.3) is 0 Å². The average Bonchev–Trinajstić information content (AvgIpc) is 2.60. The van der Waals surface area contributed by atoms with Gasteiger partial charge in [-0.2, -0.15) is 0 Å². The number of amides is 1. The number of halogens is 1. The van der Waals surface area contributed by atoms with Crippen LogP contribution in [0.5, 0.6) is 5.75 Å². The molecule has 1 atom stereocenters. The van der Waals surface area contributed by atoms with E-state index in [2.05, 4.69) is 24.1 Å². The molecule has 1 N–H and O–H groups in total. The van der Waals surface area contributed by atoms with Crippen LogP contribution in [0.4, 0.5) is 0 Å². The molecule has 0 radical (unpaired) electrons. The highest BCUT2D eigenvalue weighted by molar-refractivity contribution is 14.0. The quantitative estimate of drug-likeness (QED) is 0.405. The standard InChI is InChI=1S/C19H30N4O2.HI/c1-5-20-19(23-12-10-22(11-13-23)17(4)24)21-14-16(3)25-18-8-6-15(2)7-9-18;/h6-9,16H,5,10-14H2,1-4H3,(H,20,21);1H. The van der Waals surface area contributed by atoms with Gasteiger partial charge in [0.15, 0.2) is 5.96 Å². The lowest BCUT2D eigenvalue weighted by Gasteiger charge is -2.36. The predicted octanol–water partition coefficient (Wildman–Crippen LogP) is 2.51. The van der Waals surface area contributed by atoms with E-state index in [9.17, 15) is 4.79 Å². The zero-order valence-electron chi connectivity index (χ0n) is 16.2. The molecule has 1 heterocycles. The van der Waals surface area contributed by atoms with Crippen LogP contribution in [-0.4, -0.2) is 67.0 Å². The van der Waals surface area contributed by atoms with Gasteiger partial charge in [0.2, 0.25) is 5.91 Å². The minimum absolute atomic E-state index is 0. The summed E-state index contributed by atoms with van der Waals surface area (Å²) in [5.74, 6) is 1.90. The Morgan fingerprint density at radius 3 is 2.31 bits per heavy atom. The van der Waals surface area contributed by atoms with Gasteiger partial charge in [-0.05, 0) is 32.9 Å². The van der Waals surface area contributed by atoms with Crippen molar-refractivity contribution in [2.24, 2.45) is 4.99 Å². The second-order valence-electron chi connectivity index (χ2n) is 6.43. The number of hydrogen-bond acceptors (Lipinski definition) is 3. The second-order valence-corrected chi connectivity index (χ2v) is 6.43. The van der Waals surface area contributed by atoms with Gasteiger partial charge in [0.1, 0.15) is 11.9 Å². The van der Waals surface area contributed by atoms with Crippen molar-refractivity contribution in [1.29, 1.82) is 0 Å². The Hall–Kier alpha value is -1.51. The lowest BCUT2D eigenvalue weighted by Crippen LogP contribution is -2.53. The fraction of sp³-hybridized carbons (Fsp3) is 0.579. The summed E-state index contributed by atoms with van der Waals surface area (Å²) in [4.78, 5) is 20.3. The number of rotatable bonds is 5. The van der Waals surface area contributed by atoms with Gasteiger partial charge in [-0.1, -0.05) is 17.7 Å². The maximum atomic E-state index is 11.5. The van der Waals surface area contributed by atoms with E-state index >= 15 is 0 Å². The molecule has 1 aliphatic heterocycles. The van der Waals surface area contributed by atoms with E-state index in [4.69, 9.17) is 9.73 Å². The van der Waals surface area contributed by atoms with Crippen molar-refractivity contribution < 1.29 is 9.53 Å². The van der Waals surface area contributed by atoms with Gasteiger partial charge in [0, 0.05) is 39.6 Å². The average molecular weight is 474 g/mol. The Bertz CT molecular complexity index is 584. The van der Waals surface area contributed by atoms with Gasteiger partial charge in [0.05, 0.1) is 6.54 Å². The molecule has 0 aromatic heterocycles. The van der Waals surface area contributed by atoms with Gasteiger partial charge in [0.25, 0.3) is 0 Å². The first-order chi connectivity index (χ1) is 12.0. The molecular formula is C19H31IN4O2. The third-order valence-electron chi connectivity index (χ3n) is 4.22. The lowest BCUT2D eigenvalue weighted by atomic mass is 10.2. The van der Waals surface area contributed by atoms with Gasteiger partial charge < -0.3 is 19.9 Å². The minimum Gasteiger partial charge on any atom is -0.489 e. The van der Waals surface area contributed by atoms with Crippen molar-refractivity contribution in [2.45, 2.75) is 33.8 Å². The third-order valence-corrected chi connectivity index (χ3v) is 4.22. The minimum atomic E-state index is -0.00475. The molecule has 0 spiro atoms. The van der Waals surface area contributed by atoms with E-state index < -0.39 is 0 Å². The number of aliphatic imine (C=N–C) groups is 1. The topological polar surface area (TPSA) is 57.2 Å². The highest BCUT2D eigenvalue weighted by Crippen LogP contribution is 2.13. The first-order valence-electron chi connectivity index (χ1n) is 9.01. The Labute approximate surface area is 174 Å². The first-order valence-corrected chi connectivity index (χ1v) is 9.01. The van der Waals surface area contributed by atoms with Crippen LogP contribution in [0.2, 0.25) is 0 Å². The third kappa shape index (κ3) is 7.01. The van der Waals surface area contributed by atoms with Crippen molar-refractivity contribution in [1.82, 2.24) is 15.1 Å². The molecule has 6 nitrogen and oxygen atoms in total. The summed E-state index contributed by atoms with van der Waals surface area (Å²) in [5, 5.41) is 3.34. The van der Waals surface area contributed by atoms with Crippen LogP contribution in [-0.2, 0) is 4.79 Å². The molecule has 0 saturated carbocycles. The molecule has 1 aromatic rings. The van der Waals surface area contributed by atoms with Crippen molar-refractivity contribution in [3.05, 3.63) is 29.8 Å². The van der Waals surface area contributed by atoms with Crippen LogP contribution in [0.15, 0.2) is 29.3 Å². The van der Waals surface area contributed by atoms with E-state index in [1.807, 2.05) is 36.1 Å². The molecule has 2 rings (SSSR count). The van der Waals surface area contributed by atoms with Gasteiger partial charge in [-0.25, -0.2) is 4.99 Å². The number of carbonyl (C=O) groups excluding carboxylic acids is 1. The molecule has 26 heavy (non-hydrogen) atoms. The number of piperazine rings is 1. The number of aryl methyl sites for hydroxylation is 1. The highest BCUT2D eigenvalue weighted by atomic mass is 127. The summed E-state index contributed by atoms with van der Waals surface area (Å²) >= 11 is 0. The van der Waals surface area contributed by atoms with Crippen molar-refractivity contribution in [2.75, 3.05) is 39.3 Å². The van der Waals surface area contributed by atoms with Gasteiger partial charge >= 0.3 is 0 Å². The smallest absolute Gasteiger partial charge is 0.219 e. The summed E-state index contributed by atoms with van der Waals surface area (Å²) in [5.41, 5.74) is 1.22. The van der Waals surface area contributed by atoms with Crippen molar-refractivity contribution >= 4 is 35.8 Å². The van der Waals surface area contributed by atoms with E-state index in [1.165, 1.54) is 5.56 Å². The van der Waals surface area contributed by atoms with E-state index in [1.54, 1.807) is 6.92 Å². The van der Waals surface area contributed by atoms with Gasteiger partial charge in [-0.3, -0.25) is 4.79 Å². The highest BCUT2D eigenvalue weighted by Gasteiger charge is 2.21. The number of guanidine groups is 1. The van der Waals surface area contributed by atoms with Crippen molar-refractivity contribution in [3.63, 3.8) is 0 Å². The Morgan fingerprint density at radius 1 is 1.19 bits per heavy atom. The number of carbonyl (C=O) groups is 1. The van der Waals surface area contributed by atoms with E-state index in [-0.39, 0.29) is 36.0 Å². The number of hydrogen-bond donors (Lipinski definition) is 1. The van der Waals surface area contributed by atoms with Crippen LogP contribution in [0, 0.1) is 6.92 Å². The Balaban J connectivity index is 0.00000338. The summed E-state index contributed by atoms with van der Waals surface area (Å²) in [6, 6.07) is 8.07. The first kappa shape index (κ1) is 22.5. The Morgan fingerprint density at radius 2 is 1.77 bits per heavy atom. The molecule has 1 amide bonds. The Kier molecular flexibility index (Phi) is 9.75. The summed E-state index contributed by atoms with van der Waals surface area (Å²) in [7, 11) is 0. The molecule has 0 aliphatic carbocycles. The van der Waals surface area contributed by atoms with Gasteiger partial charge in [-0.15, -0.1) is 24.0 Å². The zero-order chi connectivity index (χ0) is 18.2. The van der Waals surface area contributed by atoms with E-state index in [0.29, 0.717) is 6.54 Å². The fourth-order valence-corrected chi connectivity index (χ4v) is 2.76. The summed E-state index contributed by atoms with van der Waals surface area (Å²) < 4.78 is 5.93. The van der Waals surface area contributed by atoms with Crippen LogP contribution in [0.1, 0.15) is 26.3 Å². The molecule has 1 unspecified atom stereocenters. The fourth-order valence-electron chi connectivity index (χ4n) is 2.76. The lowest BCUT2D eigenvalue weighted by molar-refractivity contribution is -0.130. The number of benzene rings is 1. The molecule has 146 valence electrons. The second kappa shape index (κ2) is 11.3. The summed E-state index contributed by atoms with van der Waals surface area (Å²) in [6.45, 7) is 12.3.